The first-order chi connectivity index (χ1) is 7.11. The quantitative estimate of drug-likeness (QED) is 0.649. The van der Waals surface area contributed by atoms with E-state index in [-0.39, 0.29) is 36.6 Å². The van der Waals surface area contributed by atoms with E-state index in [4.69, 9.17) is 0 Å². The van der Waals surface area contributed by atoms with Crippen molar-refractivity contribution in [2.75, 3.05) is 0 Å². The van der Waals surface area contributed by atoms with Gasteiger partial charge in [0.1, 0.15) is 0 Å². The summed E-state index contributed by atoms with van der Waals surface area (Å²) in [4.78, 5) is 33.3. The van der Waals surface area contributed by atoms with Crippen molar-refractivity contribution in [2.24, 2.45) is 0 Å². The molecule has 5 heteroatoms. The molecule has 1 aliphatic heterocycles. The Bertz CT molecular complexity index is 260. The molecule has 1 heterocycles. The van der Waals surface area contributed by atoms with E-state index < -0.39 is 0 Å². The third kappa shape index (κ3) is 4.10. The first kappa shape index (κ1) is 11.7. The number of piperidine rings is 1. The molecule has 1 aliphatic rings. The molecule has 2 N–H and O–H groups in total. The first-order valence-electron chi connectivity index (χ1n) is 5.24. The highest BCUT2D eigenvalue weighted by Gasteiger charge is 2.25. The molecule has 3 amide bonds. The van der Waals surface area contributed by atoms with Gasteiger partial charge in [0, 0.05) is 25.3 Å². The summed E-state index contributed by atoms with van der Waals surface area (Å²) in [6.45, 7) is 2.00. The van der Waals surface area contributed by atoms with Crippen molar-refractivity contribution >= 4 is 17.7 Å². The number of hydrogen-bond acceptors (Lipinski definition) is 3. The molecule has 5 nitrogen and oxygen atoms in total. The van der Waals surface area contributed by atoms with Crippen LogP contribution in [-0.4, -0.2) is 23.8 Å². The van der Waals surface area contributed by atoms with E-state index in [9.17, 15) is 14.4 Å². The molecule has 15 heavy (non-hydrogen) atoms. The number of carbonyl (C=O) groups is 3. The van der Waals surface area contributed by atoms with Crippen LogP contribution in [0.1, 0.15) is 39.0 Å². The average molecular weight is 212 g/mol. The van der Waals surface area contributed by atoms with E-state index in [0.29, 0.717) is 6.42 Å². The van der Waals surface area contributed by atoms with Gasteiger partial charge in [0.25, 0.3) is 0 Å². The molecule has 0 unspecified atom stereocenters. The van der Waals surface area contributed by atoms with Gasteiger partial charge in [-0.05, 0) is 6.42 Å². The lowest BCUT2D eigenvalue weighted by Gasteiger charge is -2.21. The summed E-state index contributed by atoms with van der Waals surface area (Å²) in [5.74, 6) is -0.705. The number of nitrogens with one attached hydrogen (secondary N) is 2. The second kappa shape index (κ2) is 5.48. The number of hydrogen-bond donors (Lipinski definition) is 2. The van der Waals surface area contributed by atoms with E-state index in [1.807, 2.05) is 6.92 Å². The highest BCUT2D eigenvalue weighted by Crippen LogP contribution is 2.05. The molecule has 0 aromatic rings. The molecule has 0 aliphatic carbocycles. The van der Waals surface area contributed by atoms with E-state index in [1.54, 1.807) is 0 Å². The van der Waals surface area contributed by atoms with E-state index in [2.05, 4.69) is 10.6 Å². The fourth-order valence-corrected chi connectivity index (χ4v) is 1.52. The minimum atomic E-state index is -0.324. The molecule has 0 radical (unpaired) electrons. The predicted octanol–water partition coefficient (Wildman–Crippen LogP) is 0.0980. The minimum absolute atomic E-state index is 0.0793. The smallest absolute Gasteiger partial charge is 0.228 e. The van der Waals surface area contributed by atoms with Crippen molar-refractivity contribution in [3.63, 3.8) is 0 Å². The Kier molecular flexibility index (Phi) is 4.27. The summed E-state index contributed by atoms with van der Waals surface area (Å²) < 4.78 is 0. The Labute approximate surface area is 88.6 Å². The Morgan fingerprint density at radius 2 is 2.00 bits per heavy atom. The molecule has 0 aromatic heterocycles. The fourth-order valence-electron chi connectivity index (χ4n) is 1.52. The van der Waals surface area contributed by atoms with Crippen LogP contribution in [0, 0.1) is 0 Å². The lowest BCUT2D eigenvalue weighted by atomic mass is 10.1. The van der Waals surface area contributed by atoms with Crippen molar-refractivity contribution in [1.29, 1.82) is 0 Å². The zero-order chi connectivity index (χ0) is 11.3. The summed E-state index contributed by atoms with van der Waals surface area (Å²) >= 11 is 0. The fraction of sp³-hybridized carbons (Fsp3) is 0.700. The first-order valence-corrected chi connectivity index (χ1v) is 5.24. The van der Waals surface area contributed by atoms with Crippen LogP contribution in [0.2, 0.25) is 0 Å². The summed E-state index contributed by atoms with van der Waals surface area (Å²) in [6.07, 6.45) is 2.65. The molecular formula is C10H16N2O3. The van der Waals surface area contributed by atoms with Gasteiger partial charge >= 0.3 is 0 Å². The van der Waals surface area contributed by atoms with Gasteiger partial charge in [0.2, 0.25) is 17.7 Å². The number of imide groups is 1. The summed E-state index contributed by atoms with van der Waals surface area (Å²) in [6, 6.07) is -0.324. The molecular weight excluding hydrogens is 196 g/mol. The lowest BCUT2D eigenvalue weighted by molar-refractivity contribution is -0.134. The third-order valence-electron chi connectivity index (χ3n) is 2.26. The normalized spacial score (nSPS) is 17.4. The highest BCUT2D eigenvalue weighted by atomic mass is 16.2. The largest absolute Gasteiger partial charge is 0.352 e. The zero-order valence-electron chi connectivity index (χ0n) is 8.84. The van der Waals surface area contributed by atoms with Crippen molar-refractivity contribution in [2.45, 2.75) is 45.1 Å². The summed E-state index contributed by atoms with van der Waals surface area (Å²) in [7, 11) is 0. The van der Waals surface area contributed by atoms with Gasteiger partial charge in [0.05, 0.1) is 0 Å². The molecule has 0 saturated carbocycles. The Hall–Kier alpha value is -1.39. The topological polar surface area (TPSA) is 75.3 Å². The molecule has 0 spiro atoms. The van der Waals surface area contributed by atoms with Crippen LogP contribution in [-0.2, 0) is 14.4 Å². The monoisotopic (exact) mass is 212 g/mol. The Morgan fingerprint density at radius 1 is 1.40 bits per heavy atom. The third-order valence-corrected chi connectivity index (χ3v) is 2.26. The van der Waals surface area contributed by atoms with E-state index in [0.717, 1.165) is 12.8 Å². The van der Waals surface area contributed by atoms with Crippen LogP contribution < -0.4 is 10.6 Å². The SMILES string of the molecule is CCCCC(=O)NC1CC(=O)NC(=O)C1. The van der Waals surface area contributed by atoms with Crippen LogP contribution in [0.15, 0.2) is 0 Å². The van der Waals surface area contributed by atoms with Gasteiger partial charge < -0.3 is 5.32 Å². The molecule has 1 saturated heterocycles. The van der Waals surface area contributed by atoms with Crippen molar-refractivity contribution in [1.82, 2.24) is 10.6 Å². The Balaban J connectivity index is 2.34. The summed E-state index contributed by atoms with van der Waals surface area (Å²) in [5.41, 5.74) is 0. The maximum absolute atomic E-state index is 11.3. The molecule has 84 valence electrons. The van der Waals surface area contributed by atoms with Crippen molar-refractivity contribution in [3.05, 3.63) is 0 Å². The van der Waals surface area contributed by atoms with Gasteiger partial charge in [-0.2, -0.15) is 0 Å². The zero-order valence-corrected chi connectivity index (χ0v) is 8.84. The molecule has 0 atom stereocenters. The van der Waals surface area contributed by atoms with Crippen molar-refractivity contribution in [3.8, 4) is 0 Å². The molecule has 0 aromatic carbocycles. The van der Waals surface area contributed by atoms with Gasteiger partial charge in [0.15, 0.2) is 0 Å². The molecule has 1 rings (SSSR count). The lowest BCUT2D eigenvalue weighted by Crippen LogP contribution is -2.48. The molecule has 0 bridgehead atoms. The average Bonchev–Trinajstić information content (AvgIpc) is 2.13. The van der Waals surface area contributed by atoms with Gasteiger partial charge in [-0.1, -0.05) is 13.3 Å². The van der Waals surface area contributed by atoms with Crippen molar-refractivity contribution < 1.29 is 14.4 Å². The maximum atomic E-state index is 11.3. The van der Waals surface area contributed by atoms with Gasteiger partial charge in [-0.15, -0.1) is 0 Å². The number of rotatable bonds is 4. The van der Waals surface area contributed by atoms with Gasteiger partial charge in [-0.25, -0.2) is 0 Å². The van der Waals surface area contributed by atoms with E-state index in [1.165, 1.54) is 0 Å². The highest BCUT2D eigenvalue weighted by molar-refractivity contribution is 5.98. The predicted molar refractivity (Wildman–Crippen MR) is 53.8 cm³/mol. The van der Waals surface area contributed by atoms with Crippen LogP contribution in [0.4, 0.5) is 0 Å². The number of unbranched alkanes of at least 4 members (excludes halogenated alkanes) is 1. The number of carbonyl (C=O) groups excluding carboxylic acids is 3. The second-order valence-corrected chi connectivity index (χ2v) is 3.75. The maximum Gasteiger partial charge on any atom is 0.228 e. The number of amides is 3. The van der Waals surface area contributed by atoms with Crippen LogP contribution in [0.3, 0.4) is 0 Å². The van der Waals surface area contributed by atoms with Gasteiger partial charge in [-0.3, -0.25) is 19.7 Å². The van der Waals surface area contributed by atoms with Crippen LogP contribution in [0.25, 0.3) is 0 Å². The summed E-state index contributed by atoms with van der Waals surface area (Å²) in [5, 5.41) is 4.89. The van der Waals surface area contributed by atoms with E-state index >= 15 is 0 Å². The standard InChI is InChI=1S/C10H16N2O3/c1-2-3-4-8(13)11-7-5-9(14)12-10(15)6-7/h7H,2-6H2,1H3,(H,11,13)(H,12,14,15). The Morgan fingerprint density at radius 3 is 2.53 bits per heavy atom. The second-order valence-electron chi connectivity index (χ2n) is 3.75. The van der Waals surface area contributed by atoms with Crippen LogP contribution in [0.5, 0.6) is 0 Å². The molecule has 1 fully saturated rings. The van der Waals surface area contributed by atoms with Crippen LogP contribution >= 0.6 is 0 Å². The minimum Gasteiger partial charge on any atom is -0.352 e.